The topological polar surface area (TPSA) is 90.9 Å². The molecule has 0 heterocycles. The van der Waals surface area contributed by atoms with Crippen molar-refractivity contribution in [1.29, 1.82) is 0 Å². The highest BCUT2D eigenvalue weighted by Crippen LogP contribution is 2.23. The highest BCUT2D eigenvalue weighted by atomic mass is 35.5. The quantitative estimate of drug-likeness (QED) is 0.432. The molecule has 0 aliphatic carbocycles. The number of rotatable bonds is 5. The number of amides is 2. The lowest BCUT2D eigenvalue weighted by atomic mass is 10.1. The van der Waals surface area contributed by atoms with E-state index in [1.54, 1.807) is 23.7 Å². The minimum absolute atomic E-state index is 0. The van der Waals surface area contributed by atoms with Crippen molar-refractivity contribution in [2.24, 2.45) is 0 Å². The maximum absolute atomic E-state index is 12.1. The van der Waals surface area contributed by atoms with Crippen molar-refractivity contribution in [1.82, 2.24) is 10.4 Å². The predicted molar refractivity (Wildman–Crippen MR) is 114 cm³/mol. The third-order valence-electron chi connectivity index (χ3n) is 4.08. The summed E-state index contributed by atoms with van der Waals surface area (Å²) in [7, 11) is 4.04. The first-order chi connectivity index (χ1) is 13.4. The summed E-state index contributed by atoms with van der Waals surface area (Å²) in [5, 5.41) is 13.2. The first kappa shape index (κ1) is 22.2. The minimum Gasteiger partial charge on any atom is -0.410 e. The highest BCUT2D eigenvalue weighted by molar-refractivity contribution is 5.94. The largest absolute Gasteiger partial charge is 0.417 e. The Morgan fingerprint density at radius 2 is 1.62 bits per heavy atom. The Labute approximate surface area is 174 Å². The summed E-state index contributed by atoms with van der Waals surface area (Å²) < 4.78 is 5.34. The molecular weight excluding hydrogens is 394 g/mol. The van der Waals surface area contributed by atoms with Crippen LogP contribution in [0.4, 0.5) is 10.5 Å². The molecule has 0 aliphatic heterocycles. The summed E-state index contributed by atoms with van der Waals surface area (Å²) >= 11 is 0. The molecule has 0 atom stereocenters. The van der Waals surface area contributed by atoms with Crippen LogP contribution in [-0.2, 0) is 6.54 Å². The van der Waals surface area contributed by atoms with Gasteiger partial charge in [-0.3, -0.25) is 15.3 Å². The average Bonchev–Trinajstić information content (AvgIpc) is 2.67. The van der Waals surface area contributed by atoms with Gasteiger partial charge in [0.2, 0.25) is 0 Å². The number of benzene rings is 3. The highest BCUT2D eigenvalue weighted by Gasteiger charge is 2.08. The molecular formula is C21H22ClN3O4. The Kier molecular flexibility index (Phi) is 7.55. The van der Waals surface area contributed by atoms with Crippen molar-refractivity contribution in [2.45, 2.75) is 6.54 Å². The van der Waals surface area contributed by atoms with Gasteiger partial charge < -0.3 is 9.64 Å². The number of carbonyl (C=O) groups is 2. The molecule has 0 fully saturated rings. The minimum atomic E-state index is -0.636. The lowest BCUT2D eigenvalue weighted by molar-refractivity contribution is 0.0706. The molecule has 0 saturated heterocycles. The number of fused-ring (bicyclic) bond motifs is 1. The van der Waals surface area contributed by atoms with Gasteiger partial charge in [-0.1, -0.05) is 18.2 Å². The molecule has 0 spiro atoms. The fraction of sp³-hybridized carbons (Fsp3) is 0.143. The van der Waals surface area contributed by atoms with Gasteiger partial charge >= 0.3 is 6.09 Å². The van der Waals surface area contributed by atoms with E-state index < -0.39 is 12.0 Å². The van der Waals surface area contributed by atoms with E-state index in [4.69, 9.17) is 9.94 Å². The van der Waals surface area contributed by atoms with Crippen molar-refractivity contribution in [2.75, 3.05) is 19.4 Å². The van der Waals surface area contributed by atoms with Crippen molar-refractivity contribution >= 4 is 40.9 Å². The van der Waals surface area contributed by atoms with Gasteiger partial charge in [0, 0.05) is 17.8 Å². The van der Waals surface area contributed by atoms with E-state index in [1.807, 2.05) is 32.3 Å². The lowest BCUT2D eigenvalue weighted by Gasteiger charge is -2.11. The summed E-state index contributed by atoms with van der Waals surface area (Å²) in [5.41, 5.74) is 3.49. The smallest absolute Gasteiger partial charge is 0.410 e. The van der Waals surface area contributed by atoms with E-state index in [0.717, 1.165) is 17.3 Å². The molecule has 0 bridgehead atoms. The van der Waals surface area contributed by atoms with Crippen LogP contribution in [0.15, 0.2) is 60.7 Å². The van der Waals surface area contributed by atoms with Crippen LogP contribution in [0.5, 0.6) is 5.75 Å². The van der Waals surface area contributed by atoms with Gasteiger partial charge in [0.05, 0.1) is 0 Å². The second kappa shape index (κ2) is 9.88. The molecule has 0 aromatic heterocycles. The third-order valence-corrected chi connectivity index (χ3v) is 4.08. The molecule has 8 heteroatoms. The van der Waals surface area contributed by atoms with Crippen LogP contribution in [0.1, 0.15) is 15.9 Å². The molecule has 2 amide bonds. The summed E-state index contributed by atoms with van der Waals surface area (Å²) in [6, 6.07) is 17.7. The molecule has 3 N–H and O–H groups in total. The zero-order valence-electron chi connectivity index (χ0n) is 16.0. The molecule has 3 aromatic rings. The molecule has 29 heavy (non-hydrogen) atoms. The zero-order valence-corrected chi connectivity index (χ0v) is 16.8. The molecule has 152 valence electrons. The lowest BCUT2D eigenvalue weighted by Crippen LogP contribution is -2.19. The standard InChI is InChI=1S/C21H21N3O4.ClH/c1-24(2)13-14-3-4-17-12-19(10-7-16(17)11-14)28-21(26)22-18-8-5-15(6-9-18)20(25)23-27;/h3-12,27H,13H2,1-2H3,(H,22,26)(H,23,25);1H. The number of carbonyl (C=O) groups excluding carboxylic acids is 2. The first-order valence-corrected chi connectivity index (χ1v) is 8.65. The van der Waals surface area contributed by atoms with E-state index in [2.05, 4.69) is 22.3 Å². The Morgan fingerprint density at radius 1 is 0.966 bits per heavy atom. The Bertz CT molecular complexity index is 1010. The van der Waals surface area contributed by atoms with Gasteiger partial charge in [0.15, 0.2) is 0 Å². The second-order valence-electron chi connectivity index (χ2n) is 6.61. The molecule has 0 radical (unpaired) electrons. The van der Waals surface area contributed by atoms with Crippen LogP contribution in [0.25, 0.3) is 10.8 Å². The normalized spacial score (nSPS) is 10.3. The van der Waals surface area contributed by atoms with Gasteiger partial charge in [-0.2, -0.15) is 0 Å². The van der Waals surface area contributed by atoms with Crippen LogP contribution in [-0.4, -0.2) is 36.2 Å². The zero-order chi connectivity index (χ0) is 20.1. The van der Waals surface area contributed by atoms with Crippen molar-refractivity contribution < 1.29 is 19.5 Å². The Morgan fingerprint density at radius 3 is 2.28 bits per heavy atom. The molecule has 3 rings (SSSR count). The maximum Gasteiger partial charge on any atom is 0.417 e. The number of nitrogens with zero attached hydrogens (tertiary/aromatic N) is 1. The molecule has 0 aliphatic rings. The number of hydrogen-bond acceptors (Lipinski definition) is 5. The molecule has 3 aromatic carbocycles. The van der Waals surface area contributed by atoms with Crippen molar-refractivity contribution in [3.05, 3.63) is 71.8 Å². The van der Waals surface area contributed by atoms with Gasteiger partial charge in [-0.15, -0.1) is 12.4 Å². The van der Waals surface area contributed by atoms with Gasteiger partial charge in [0.1, 0.15) is 5.75 Å². The fourth-order valence-corrected chi connectivity index (χ4v) is 2.82. The summed E-state index contributed by atoms with van der Waals surface area (Å²) in [6.07, 6.45) is -0.636. The van der Waals surface area contributed by atoms with E-state index in [-0.39, 0.29) is 18.0 Å². The van der Waals surface area contributed by atoms with Gasteiger partial charge in [0.25, 0.3) is 5.91 Å². The van der Waals surface area contributed by atoms with Crippen LogP contribution in [0.2, 0.25) is 0 Å². The SMILES string of the molecule is CN(C)Cc1ccc2cc(OC(=O)Nc3ccc(C(=O)NO)cc3)ccc2c1.Cl. The second-order valence-corrected chi connectivity index (χ2v) is 6.61. The van der Waals surface area contributed by atoms with E-state index >= 15 is 0 Å². The number of ether oxygens (including phenoxy) is 1. The number of anilines is 1. The number of nitrogens with one attached hydrogen (secondary N) is 2. The van der Waals surface area contributed by atoms with Crippen LogP contribution < -0.4 is 15.5 Å². The van der Waals surface area contributed by atoms with E-state index in [1.165, 1.54) is 17.7 Å². The summed E-state index contributed by atoms with van der Waals surface area (Å²) in [5.74, 6) is -0.194. The van der Waals surface area contributed by atoms with Crippen LogP contribution in [0, 0.1) is 0 Å². The first-order valence-electron chi connectivity index (χ1n) is 8.65. The van der Waals surface area contributed by atoms with Gasteiger partial charge in [-0.25, -0.2) is 10.3 Å². The molecule has 0 unspecified atom stereocenters. The summed E-state index contributed by atoms with van der Waals surface area (Å²) in [4.78, 5) is 25.5. The van der Waals surface area contributed by atoms with Gasteiger partial charge in [-0.05, 0) is 72.9 Å². The van der Waals surface area contributed by atoms with E-state index in [9.17, 15) is 9.59 Å². The third kappa shape index (κ3) is 5.92. The van der Waals surface area contributed by atoms with Crippen LogP contribution in [0.3, 0.4) is 0 Å². The fourth-order valence-electron chi connectivity index (χ4n) is 2.82. The number of hydrogen-bond donors (Lipinski definition) is 3. The van der Waals surface area contributed by atoms with Crippen molar-refractivity contribution in [3.8, 4) is 5.75 Å². The monoisotopic (exact) mass is 415 g/mol. The number of hydroxylamine groups is 1. The van der Waals surface area contributed by atoms with E-state index in [0.29, 0.717) is 11.4 Å². The summed E-state index contributed by atoms with van der Waals surface area (Å²) in [6.45, 7) is 0.856. The molecule has 0 saturated carbocycles. The average molecular weight is 416 g/mol. The number of halogens is 1. The Hall–Kier alpha value is -3.13. The van der Waals surface area contributed by atoms with Crippen molar-refractivity contribution in [3.63, 3.8) is 0 Å². The predicted octanol–water partition coefficient (Wildman–Crippen LogP) is 4.05. The maximum atomic E-state index is 12.1. The molecule has 7 nitrogen and oxygen atoms in total. The van der Waals surface area contributed by atoms with Crippen LogP contribution >= 0.6 is 12.4 Å². The Balaban J connectivity index is 0.00000300.